The lowest BCUT2D eigenvalue weighted by Gasteiger charge is -2.38. The van der Waals surface area contributed by atoms with Gasteiger partial charge in [0.15, 0.2) is 0 Å². The molecular weight excluding hydrogens is 254 g/mol. The van der Waals surface area contributed by atoms with E-state index in [1.54, 1.807) is 0 Å². The zero-order valence-corrected chi connectivity index (χ0v) is 11.1. The zero-order chi connectivity index (χ0) is 13.3. The van der Waals surface area contributed by atoms with Gasteiger partial charge in [-0.05, 0) is 19.4 Å². The number of hydrogen-bond acceptors (Lipinski definition) is 4. The predicted octanol–water partition coefficient (Wildman–Crippen LogP) is 1.63. The van der Waals surface area contributed by atoms with Gasteiger partial charge in [0.25, 0.3) is 10.1 Å². The van der Waals surface area contributed by atoms with Gasteiger partial charge >= 0.3 is 0 Å². The van der Waals surface area contributed by atoms with Gasteiger partial charge in [-0.2, -0.15) is 13.5 Å². The lowest BCUT2D eigenvalue weighted by molar-refractivity contribution is -0.189. The SMILES string of the molecule is CC(C)S(=O)(=O)ON1C(=O)CC1c1ccccc1. The monoisotopic (exact) mass is 269 g/mol. The summed E-state index contributed by atoms with van der Waals surface area (Å²) < 4.78 is 28.2. The Morgan fingerprint density at radius 1 is 1.28 bits per heavy atom. The summed E-state index contributed by atoms with van der Waals surface area (Å²) in [4.78, 5) is 11.5. The van der Waals surface area contributed by atoms with Crippen molar-refractivity contribution < 1.29 is 17.5 Å². The molecule has 5 nitrogen and oxygen atoms in total. The van der Waals surface area contributed by atoms with Crippen LogP contribution in [0.4, 0.5) is 0 Å². The molecule has 0 aromatic heterocycles. The van der Waals surface area contributed by atoms with Crippen LogP contribution in [0.15, 0.2) is 30.3 Å². The largest absolute Gasteiger partial charge is 0.290 e. The topological polar surface area (TPSA) is 63.7 Å². The Morgan fingerprint density at radius 2 is 1.89 bits per heavy atom. The average Bonchev–Trinajstić information content (AvgIpc) is 2.34. The quantitative estimate of drug-likeness (QED) is 0.779. The number of hydroxylamine groups is 2. The molecule has 98 valence electrons. The van der Waals surface area contributed by atoms with Crippen molar-refractivity contribution in [2.45, 2.75) is 31.6 Å². The van der Waals surface area contributed by atoms with Crippen molar-refractivity contribution in [2.24, 2.45) is 0 Å². The molecule has 0 bridgehead atoms. The van der Waals surface area contributed by atoms with E-state index in [0.717, 1.165) is 10.6 Å². The van der Waals surface area contributed by atoms with E-state index in [2.05, 4.69) is 0 Å². The van der Waals surface area contributed by atoms with E-state index in [-0.39, 0.29) is 18.4 Å². The van der Waals surface area contributed by atoms with Crippen LogP contribution in [-0.4, -0.2) is 24.6 Å². The first kappa shape index (κ1) is 13.0. The number of hydrogen-bond donors (Lipinski definition) is 0. The molecule has 0 saturated carbocycles. The minimum Gasteiger partial charge on any atom is -0.272 e. The fourth-order valence-electron chi connectivity index (χ4n) is 1.62. The van der Waals surface area contributed by atoms with E-state index in [1.165, 1.54) is 13.8 Å². The van der Waals surface area contributed by atoms with E-state index in [4.69, 9.17) is 4.28 Å². The van der Waals surface area contributed by atoms with Gasteiger partial charge in [0.1, 0.15) is 0 Å². The molecule has 0 aliphatic carbocycles. The first-order valence-corrected chi connectivity index (χ1v) is 7.19. The summed E-state index contributed by atoms with van der Waals surface area (Å²) in [5, 5.41) is 0.271. The van der Waals surface area contributed by atoms with Crippen LogP contribution in [0.5, 0.6) is 0 Å². The van der Waals surface area contributed by atoms with E-state index in [1.807, 2.05) is 30.3 Å². The van der Waals surface area contributed by atoms with Gasteiger partial charge in [-0.3, -0.25) is 4.79 Å². The fourth-order valence-corrected chi connectivity index (χ4v) is 2.20. The third-order valence-electron chi connectivity index (χ3n) is 2.84. The summed E-state index contributed by atoms with van der Waals surface area (Å²) in [7, 11) is -3.73. The van der Waals surface area contributed by atoms with Crippen LogP contribution in [0, 0.1) is 0 Å². The summed E-state index contributed by atoms with van der Waals surface area (Å²) in [5.74, 6) is -0.312. The first-order valence-electron chi connectivity index (χ1n) is 5.72. The van der Waals surface area contributed by atoms with E-state index < -0.39 is 15.4 Å². The second-order valence-corrected chi connectivity index (χ2v) is 6.54. The van der Waals surface area contributed by atoms with Gasteiger partial charge < -0.3 is 0 Å². The Bertz CT molecular complexity index is 538. The highest BCUT2D eigenvalue weighted by molar-refractivity contribution is 7.87. The maximum Gasteiger partial charge on any atom is 0.290 e. The lowest BCUT2D eigenvalue weighted by Crippen LogP contribution is -2.48. The molecule has 1 aliphatic heterocycles. The highest BCUT2D eigenvalue weighted by Gasteiger charge is 2.42. The van der Waals surface area contributed by atoms with Crippen LogP contribution >= 0.6 is 0 Å². The number of amides is 1. The molecule has 1 aromatic carbocycles. The van der Waals surface area contributed by atoms with Crippen molar-refractivity contribution in [3.05, 3.63) is 35.9 Å². The van der Waals surface area contributed by atoms with Gasteiger partial charge in [0, 0.05) is 0 Å². The number of nitrogens with zero attached hydrogens (tertiary/aromatic N) is 1. The summed E-state index contributed by atoms with van der Waals surface area (Å²) in [6.45, 7) is 3.02. The fraction of sp³-hybridized carbons (Fsp3) is 0.417. The van der Waals surface area contributed by atoms with Crippen molar-refractivity contribution in [2.75, 3.05) is 0 Å². The van der Waals surface area contributed by atoms with Crippen molar-refractivity contribution in [1.29, 1.82) is 0 Å². The first-order chi connectivity index (χ1) is 8.42. The minimum absolute atomic E-state index is 0.275. The average molecular weight is 269 g/mol. The van der Waals surface area contributed by atoms with Gasteiger partial charge in [0.2, 0.25) is 5.91 Å². The van der Waals surface area contributed by atoms with E-state index >= 15 is 0 Å². The molecule has 1 fully saturated rings. The molecular formula is C12H15NO4S. The summed E-state index contributed by atoms with van der Waals surface area (Å²) in [6.07, 6.45) is 0.275. The molecule has 1 atom stereocenters. The molecule has 1 saturated heterocycles. The smallest absolute Gasteiger partial charge is 0.272 e. The van der Waals surface area contributed by atoms with Gasteiger partial charge in [-0.25, -0.2) is 0 Å². The summed E-state index contributed by atoms with van der Waals surface area (Å²) >= 11 is 0. The summed E-state index contributed by atoms with van der Waals surface area (Å²) in [6, 6.07) is 8.91. The maximum absolute atomic E-state index is 11.6. The van der Waals surface area contributed by atoms with Crippen molar-refractivity contribution in [3.8, 4) is 0 Å². The van der Waals surface area contributed by atoms with Crippen LogP contribution in [0.1, 0.15) is 31.9 Å². The second-order valence-electron chi connectivity index (χ2n) is 4.47. The molecule has 0 spiro atoms. The molecule has 6 heteroatoms. The normalized spacial score (nSPS) is 20.1. The van der Waals surface area contributed by atoms with Crippen LogP contribution in [0.2, 0.25) is 0 Å². The highest BCUT2D eigenvalue weighted by atomic mass is 32.2. The zero-order valence-electron chi connectivity index (χ0n) is 10.2. The number of rotatable bonds is 4. The number of β-lactam (4-membered cyclic amide) rings is 1. The Balaban J connectivity index is 2.16. The molecule has 1 unspecified atom stereocenters. The van der Waals surface area contributed by atoms with Crippen LogP contribution in [0.3, 0.4) is 0 Å². The standard InChI is InChI=1S/C12H15NO4S/c1-9(2)18(15,16)17-13-11(8-12(13)14)10-6-4-3-5-7-10/h3-7,9,11H,8H2,1-2H3. The number of benzene rings is 1. The Hall–Kier alpha value is -1.40. The lowest BCUT2D eigenvalue weighted by atomic mass is 9.97. The molecule has 1 aromatic rings. The molecule has 18 heavy (non-hydrogen) atoms. The third-order valence-corrected chi connectivity index (χ3v) is 4.37. The van der Waals surface area contributed by atoms with Crippen LogP contribution in [-0.2, 0) is 19.2 Å². The van der Waals surface area contributed by atoms with Crippen LogP contribution in [0.25, 0.3) is 0 Å². The molecule has 0 radical (unpaired) electrons. The van der Waals surface area contributed by atoms with Crippen molar-refractivity contribution in [3.63, 3.8) is 0 Å². The molecule has 1 amide bonds. The van der Waals surface area contributed by atoms with E-state index in [9.17, 15) is 13.2 Å². The molecule has 1 aliphatic rings. The predicted molar refractivity (Wildman–Crippen MR) is 65.8 cm³/mol. The molecule has 1 heterocycles. The van der Waals surface area contributed by atoms with Crippen molar-refractivity contribution >= 4 is 16.0 Å². The van der Waals surface area contributed by atoms with Gasteiger partial charge in [-0.15, -0.1) is 4.28 Å². The Labute approximate surface area is 106 Å². The van der Waals surface area contributed by atoms with Gasteiger partial charge in [-0.1, -0.05) is 30.3 Å². The number of carbonyl (C=O) groups is 1. The highest BCUT2D eigenvalue weighted by Crippen LogP contribution is 2.35. The minimum atomic E-state index is -3.73. The maximum atomic E-state index is 11.6. The van der Waals surface area contributed by atoms with Gasteiger partial charge in [0.05, 0.1) is 17.7 Å². The van der Waals surface area contributed by atoms with E-state index in [0.29, 0.717) is 0 Å². The molecule has 0 N–H and O–H groups in total. The van der Waals surface area contributed by atoms with Crippen LogP contribution < -0.4 is 0 Å². The second kappa shape index (κ2) is 4.70. The Kier molecular flexibility index (Phi) is 3.41. The third kappa shape index (κ3) is 2.39. The number of carbonyl (C=O) groups excluding carboxylic acids is 1. The van der Waals surface area contributed by atoms with Crippen molar-refractivity contribution in [1.82, 2.24) is 5.06 Å². The molecule has 2 rings (SSSR count). The Morgan fingerprint density at radius 3 is 2.39 bits per heavy atom. The summed E-state index contributed by atoms with van der Waals surface area (Å²) in [5.41, 5.74) is 0.871.